The lowest BCUT2D eigenvalue weighted by Crippen LogP contribution is -2.36. The fourth-order valence-corrected chi connectivity index (χ4v) is 3.44. The van der Waals surface area contributed by atoms with Crippen LogP contribution in [0.2, 0.25) is 0 Å². The monoisotopic (exact) mass is 361 g/mol. The van der Waals surface area contributed by atoms with Gasteiger partial charge >= 0.3 is 5.97 Å². The van der Waals surface area contributed by atoms with E-state index in [-0.39, 0.29) is 12.4 Å². The van der Waals surface area contributed by atoms with Gasteiger partial charge in [-0.3, -0.25) is 14.6 Å². The van der Waals surface area contributed by atoms with Crippen LogP contribution in [0.5, 0.6) is 0 Å². The van der Waals surface area contributed by atoms with Crippen LogP contribution < -0.4 is 0 Å². The van der Waals surface area contributed by atoms with Gasteiger partial charge in [0.1, 0.15) is 11.5 Å². The normalized spacial score (nSPS) is 18.8. The molecular weight excluding hydrogens is 337 g/mol. The van der Waals surface area contributed by atoms with E-state index in [9.17, 15) is 9.18 Å². The molecule has 1 aromatic carbocycles. The van der Waals surface area contributed by atoms with Crippen molar-refractivity contribution in [1.82, 2.24) is 15.0 Å². The molecule has 0 radical (unpaired) electrons. The SMILES string of the molecule is CN(CC(=O)O)C1CCCN(Cc2cc(-c3ccc(F)cc3)no2)CC1. The zero-order chi connectivity index (χ0) is 18.5. The van der Waals surface area contributed by atoms with Crippen molar-refractivity contribution in [3.8, 4) is 11.3 Å². The highest BCUT2D eigenvalue weighted by atomic mass is 19.1. The number of likely N-dealkylation sites (tertiary alicyclic amines) is 1. The summed E-state index contributed by atoms with van der Waals surface area (Å²) in [5.74, 6) is -0.283. The first-order valence-electron chi connectivity index (χ1n) is 8.87. The number of likely N-dealkylation sites (N-methyl/N-ethyl adjacent to an activating group) is 1. The number of nitrogens with zero attached hydrogens (tertiary/aromatic N) is 3. The Morgan fingerprint density at radius 3 is 2.85 bits per heavy atom. The molecule has 1 atom stereocenters. The molecule has 2 aromatic rings. The van der Waals surface area contributed by atoms with Gasteiger partial charge in [-0.2, -0.15) is 0 Å². The van der Waals surface area contributed by atoms with Gasteiger partial charge in [-0.1, -0.05) is 5.16 Å². The third-order valence-corrected chi connectivity index (χ3v) is 4.88. The molecule has 0 aliphatic carbocycles. The zero-order valence-corrected chi connectivity index (χ0v) is 14.9. The lowest BCUT2D eigenvalue weighted by Gasteiger charge is -2.25. The zero-order valence-electron chi connectivity index (χ0n) is 14.9. The second-order valence-corrected chi connectivity index (χ2v) is 6.86. The molecule has 1 N–H and O–H groups in total. The number of halogens is 1. The first-order valence-corrected chi connectivity index (χ1v) is 8.87. The minimum atomic E-state index is -0.788. The lowest BCUT2D eigenvalue weighted by molar-refractivity contribution is -0.138. The molecule has 1 aliphatic heterocycles. The second kappa shape index (κ2) is 8.42. The Hall–Kier alpha value is -2.25. The van der Waals surface area contributed by atoms with Gasteiger partial charge in [-0.25, -0.2) is 4.39 Å². The number of benzene rings is 1. The minimum Gasteiger partial charge on any atom is -0.480 e. The number of carbonyl (C=O) groups is 1. The Balaban J connectivity index is 1.56. The van der Waals surface area contributed by atoms with Crippen LogP contribution in [-0.4, -0.2) is 58.8 Å². The molecule has 7 heteroatoms. The van der Waals surface area contributed by atoms with Crippen molar-refractivity contribution in [1.29, 1.82) is 0 Å². The van der Waals surface area contributed by atoms with E-state index < -0.39 is 5.97 Å². The van der Waals surface area contributed by atoms with Crippen LogP contribution in [0.4, 0.5) is 4.39 Å². The number of carboxylic acid groups (broad SMARTS) is 1. The molecule has 0 bridgehead atoms. The van der Waals surface area contributed by atoms with Crippen molar-refractivity contribution in [2.24, 2.45) is 0 Å². The Labute approximate surface area is 152 Å². The molecule has 140 valence electrons. The Bertz CT molecular complexity index is 732. The van der Waals surface area contributed by atoms with Crippen LogP contribution in [0.1, 0.15) is 25.0 Å². The average molecular weight is 361 g/mol. The predicted octanol–water partition coefficient (Wildman–Crippen LogP) is 2.85. The van der Waals surface area contributed by atoms with Gasteiger partial charge in [0.05, 0.1) is 13.1 Å². The van der Waals surface area contributed by atoms with Gasteiger partial charge in [-0.05, 0) is 57.1 Å². The summed E-state index contributed by atoms with van der Waals surface area (Å²) < 4.78 is 18.5. The number of aromatic nitrogens is 1. The van der Waals surface area contributed by atoms with Crippen LogP contribution >= 0.6 is 0 Å². The Morgan fingerprint density at radius 2 is 2.12 bits per heavy atom. The van der Waals surface area contributed by atoms with E-state index in [4.69, 9.17) is 9.63 Å². The molecule has 0 saturated carbocycles. The first kappa shape index (κ1) is 18.5. The van der Waals surface area contributed by atoms with Crippen molar-refractivity contribution in [2.75, 3.05) is 26.7 Å². The number of rotatable bonds is 6. The van der Waals surface area contributed by atoms with E-state index >= 15 is 0 Å². The van der Waals surface area contributed by atoms with Gasteiger partial charge < -0.3 is 9.63 Å². The van der Waals surface area contributed by atoms with Crippen molar-refractivity contribution < 1.29 is 18.8 Å². The maximum absolute atomic E-state index is 13.0. The summed E-state index contributed by atoms with van der Waals surface area (Å²) in [5.41, 5.74) is 1.53. The summed E-state index contributed by atoms with van der Waals surface area (Å²) in [6, 6.07) is 8.38. The van der Waals surface area contributed by atoms with Gasteiger partial charge in [-0.15, -0.1) is 0 Å². The third-order valence-electron chi connectivity index (χ3n) is 4.88. The van der Waals surface area contributed by atoms with Gasteiger partial charge in [0.25, 0.3) is 0 Å². The van der Waals surface area contributed by atoms with E-state index in [1.54, 1.807) is 12.1 Å². The fourth-order valence-electron chi connectivity index (χ4n) is 3.44. The van der Waals surface area contributed by atoms with Gasteiger partial charge in [0, 0.05) is 24.2 Å². The van der Waals surface area contributed by atoms with Crippen molar-refractivity contribution in [3.05, 3.63) is 41.9 Å². The Kier molecular flexibility index (Phi) is 6.00. The molecule has 2 heterocycles. The molecule has 6 nitrogen and oxygen atoms in total. The number of hydrogen-bond donors (Lipinski definition) is 1. The smallest absolute Gasteiger partial charge is 0.317 e. The average Bonchev–Trinajstić information content (AvgIpc) is 2.93. The van der Waals surface area contributed by atoms with E-state index in [0.29, 0.717) is 18.3 Å². The molecule has 1 unspecified atom stereocenters. The molecule has 3 rings (SSSR count). The van der Waals surface area contributed by atoms with Crippen LogP contribution in [0.15, 0.2) is 34.9 Å². The molecule has 0 amide bonds. The number of hydrogen-bond acceptors (Lipinski definition) is 5. The molecule has 26 heavy (non-hydrogen) atoms. The molecule has 0 spiro atoms. The molecular formula is C19H24FN3O3. The quantitative estimate of drug-likeness (QED) is 0.853. The van der Waals surface area contributed by atoms with Crippen LogP contribution in [-0.2, 0) is 11.3 Å². The van der Waals surface area contributed by atoms with E-state index in [0.717, 1.165) is 43.7 Å². The van der Waals surface area contributed by atoms with E-state index in [1.807, 2.05) is 18.0 Å². The maximum atomic E-state index is 13.0. The largest absolute Gasteiger partial charge is 0.480 e. The van der Waals surface area contributed by atoms with Gasteiger partial charge in [0.2, 0.25) is 0 Å². The standard InChI is InChI=1S/C19H24FN3O3/c1-22(13-19(24)25)16-3-2-9-23(10-8-16)12-17-11-18(21-26-17)14-4-6-15(20)7-5-14/h4-7,11,16H,2-3,8-10,12-13H2,1H3,(H,24,25). The topological polar surface area (TPSA) is 69.8 Å². The second-order valence-electron chi connectivity index (χ2n) is 6.86. The third kappa shape index (κ3) is 4.89. The highest BCUT2D eigenvalue weighted by molar-refractivity contribution is 5.69. The summed E-state index contributed by atoms with van der Waals surface area (Å²) in [4.78, 5) is 15.1. The summed E-state index contributed by atoms with van der Waals surface area (Å²) in [5, 5.41) is 13.0. The predicted molar refractivity (Wildman–Crippen MR) is 95.1 cm³/mol. The fraction of sp³-hybridized carbons (Fsp3) is 0.474. The summed E-state index contributed by atoms with van der Waals surface area (Å²) in [7, 11) is 1.87. The summed E-state index contributed by atoms with van der Waals surface area (Å²) >= 11 is 0. The Morgan fingerprint density at radius 1 is 1.35 bits per heavy atom. The van der Waals surface area contributed by atoms with Crippen molar-refractivity contribution in [2.45, 2.75) is 31.8 Å². The van der Waals surface area contributed by atoms with Crippen LogP contribution in [0.25, 0.3) is 11.3 Å². The highest BCUT2D eigenvalue weighted by Gasteiger charge is 2.22. The number of aliphatic carboxylic acids is 1. The van der Waals surface area contributed by atoms with Crippen molar-refractivity contribution >= 4 is 5.97 Å². The molecule has 1 aromatic heterocycles. The minimum absolute atomic E-state index is 0.0772. The highest BCUT2D eigenvalue weighted by Crippen LogP contribution is 2.22. The first-order chi connectivity index (χ1) is 12.5. The lowest BCUT2D eigenvalue weighted by atomic mass is 10.1. The molecule has 1 aliphatic rings. The van der Waals surface area contributed by atoms with Gasteiger partial charge in [0.15, 0.2) is 5.76 Å². The molecule has 1 saturated heterocycles. The van der Waals surface area contributed by atoms with Crippen LogP contribution in [0.3, 0.4) is 0 Å². The van der Waals surface area contributed by atoms with E-state index in [2.05, 4.69) is 10.1 Å². The van der Waals surface area contributed by atoms with Crippen LogP contribution in [0, 0.1) is 5.82 Å². The molecule has 1 fully saturated rings. The number of carboxylic acids is 1. The van der Waals surface area contributed by atoms with Crippen molar-refractivity contribution in [3.63, 3.8) is 0 Å². The maximum Gasteiger partial charge on any atom is 0.317 e. The summed E-state index contributed by atoms with van der Waals surface area (Å²) in [6.45, 7) is 2.59. The summed E-state index contributed by atoms with van der Waals surface area (Å²) in [6.07, 6.45) is 2.95. The van der Waals surface area contributed by atoms with E-state index in [1.165, 1.54) is 12.1 Å².